The van der Waals surface area contributed by atoms with Gasteiger partial charge in [0, 0.05) is 18.2 Å². The Morgan fingerprint density at radius 3 is 2.60 bits per heavy atom. The molecule has 11 heteroatoms. The van der Waals surface area contributed by atoms with Crippen LogP contribution in [0.4, 0.5) is 19.0 Å². The zero-order chi connectivity index (χ0) is 25.1. The zero-order valence-corrected chi connectivity index (χ0v) is 20.1. The van der Waals surface area contributed by atoms with Gasteiger partial charge in [0.2, 0.25) is 0 Å². The second kappa shape index (κ2) is 8.32. The first-order valence-electron chi connectivity index (χ1n) is 11.4. The summed E-state index contributed by atoms with van der Waals surface area (Å²) in [5.74, 6) is -0.820. The number of nitrogens with zero attached hydrogens (tertiary/aromatic N) is 3. The highest BCUT2D eigenvalue weighted by Crippen LogP contribution is 2.54. The fourth-order valence-corrected chi connectivity index (χ4v) is 7.37. The number of sulfone groups is 1. The second-order valence-corrected chi connectivity index (χ2v) is 12.0. The molecule has 1 saturated carbocycles. The van der Waals surface area contributed by atoms with E-state index in [0.717, 1.165) is 6.07 Å². The molecule has 0 radical (unpaired) electrons. The van der Waals surface area contributed by atoms with Crippen LogP contribution < -0.4 is 10.9 Å². The molecule has 1 N–H and O–H groups in total. The van der Waals surface area contributed by atoms with E-state index >= 15 is 0 Å². The number of aryl methyl sites for hydroxylation is 1. The van der Waals surface area contributed by atoms with Crippen molar-refractivity contribution in [1.29, 1.82) is 0 Å². The second-order valence-electron chi connectivity index (χ2n) is 9.53. The highest BCUT2D eigenvalue weighted by Gasteiger charge is 2.57. The number of fused-ring (bicyclic) bond motifs is 1. The largest absolute Gasteiger partial charge is 0.363 e. The average molecular weight is 507 g/mol. The summed E-state index contributed by atoms with van der Waals surface area (Å²) in [6, 6.07) is 4.85. The predicted octanol–water partition coefficient (Wildman–Crippen LogP) is 4.40. The van der Waals surface area contributed by atoms with E-state index in [-0.39, 0.29) is 22.8 Å². The molecule has 1 saturated heterocycles. The highest BCUT2D eigenvalue weighted by atomic mass is 32.2. The number of rotatable bonds is 5. The van der Waals surface area contributed by atoms with Gasteiger partial charge >= 0.3 is 0 Å². The van der Waals surface area contributed by atoms with E-state index in [0.29, 0.717) is 48.1 Å². The van der Waals surface area contributed by atoms with Gasteiger partial charge < -0.3 is 5.32 Å². The Hall–Kier alpha value is -2.95. The molecule has 0 bridgehead atoms. The summed E-state index contributed by atoms with van der Waals surface area (Å²) in [7, 11) is -1.57. The summed E-state index contributed by atoms with van der Waals surface area (Å²) in [5, 5.41) is 3.59. The fraction of sp³-hybridized carbons (Fsp3) is 0.458. The van der Waals surface area contributed by atoms with Gasteiger partial charge in [0.15, 0.2) is 9.84 Å². The van der Waals surface area contributed by atoms with E-state index in [1.807, 2.05) is 0 Å². The minimum atomic E-state index is -3.16. The summed E-state index contributed by atoms with van der Waals surface area (Å²) < 4.78 is 66.8. The highest BCUT2D eigenvalue weighted by molar-refractivity contribution is 7.93. The summed E-state index contributed by atoms with van der Waals surface area (Å²) in [6.07, 6.45) is 0.354. The maximum Gasteiger partial charge on any atom is 0.266 e. The van der Waals surface area contributed by atoms with Crippen molar-refractivity contribution < 1.29 is 21.6 Å². The summed E-state index contributed by atoms with van der Waals surface area (Å²) in [4.78, 5) is 21.7. The first kappa shape index (κ1) is 23.8. The number of aromatic nitrogens is 3. The number of alkyl halides is 2. The lowest BCUT2D eigenvalue weighted by Gasteiger charge is -2.29. The number of hydrogen-bond acceptors (Lipinski definition) is 6. The van der Waals surface area contributed by atoms with Crippen molar-refractivity contribution in [2.75, 3.05) is 11.1 Å². The third kappa shape index (κ3) is 3.89. The molecule has 1 aliphatic carbocycles. The fourth-order valence-electron chi connectivity index (χ4n) is 5.17. The number of anilines is 1. The van der Waals surface area contributed by atoms with Crippen molar-refractivity contribution in [1.82, 2.24) is 14.5 Å². The van der Waals surface area contributed by atoms with E-state index in [2.05, 4.69) is 15.3 Å². The summed E-state index contributed by atoms with van der Waals surface area (Å²) >= 11 is 0. The number of pyridine rings is 1. The monoisotopic (exact) mass is 506 g/mol. The Kier molecular flexibility index (Phi) is 5.65. The van der Waals surface area contributed by atoms with Gasteiger partial charge in [-0.1, -0.05) is 18.2 Å². The van der Waals surface area contributed by atoms with Gasteiger partial charge in [-0.3, -0.25) is 9.36 Å². The standard InChI is InChI=1S/C24H25F3N4O3S/c1-13(15-4-3-5-16(19(15)25)20(26)27)30-21-18-10-17(23(32)31(2)22(18)29-12-28-21)14-6-9-35(33,34)24(11-14)7-8-24/h3-5,10,12-14,20H,6-9,11H2,1-2H3,(H,28,29,30)/t13-,14?/m1/s1. The molecular formula is C24H25F3N4O3S. The lowest BCUT2D eigenvalue weighted by atomic mass is 9.90. The summed E-state index contributed by atoms with van der Waals surface area (Å²) in [6.45, 7) is 1.63. The molecule has 35 heavy (non-hydrogen) atoms. The van der Waals surface area contributed by atoms with Crippen LogP contribution in [0.1, 0.15) is 67.7 Å². The van der Waals surface area contributed by atoms with Crippen molar-refractivity contribution >= 4 is 26.7 Å². The number of nitrogens with one attached hydrogen (secondary N) is 1. The maximum atomic E-state index is 14.7. The molecule has 1 aromatic carbocycles. The first-order valence-corrected chi connectivity index (χ1v) is 13.1. The zero-order valence-electron chi connectivity index (χ0n) is 19.3. The average Bonchev–Trinajstić information content (AvgIpc) is 3.59. The van der Waals surface area contributed by atoms with Crippen LogP contribution in [0.3, 0.4) is 0 Å². The third-order valence-corrected chi connectivity index (χ3v) is 10.1. The van der Waals surface area contributed by atoms with E-state index in [9.17, 15) is 26.4 Å². The first-order chi connectivity index (χ1) is 16.5. The lowest BCUT2D eigenvalue weighted by Crippen LogP contribution is -2.36. The Bertz CT molecular complexity index is 1490. The van der Waals surface area contributed by atoms with Gasteiger partial charge in [-0.25, -0.2) is 31.6 Å². The number of benzene rings is 1. The SMILES string of the molecule is C[C@@H](Nc1ncnc2c1cc(C1CCS(=O)(=O)C3(CC3)C1)c(=O)n2C)c1cccc(C(F)F)c1F. The summed E-state index contributed by atoms with van der Waals surface area (Å²) in [5.41, 5.74) is 0.000698. The van der Waals surface area contributed by atoms with Crippen LogP contribution in [0.2, 0.25) is 0 Å². The van der Waals surface area contributed by atoms with E-state index in [1.165, 1.54) is 23.0 Å². The van der Waals surface area contributed by atoms with Crippen LogP contribution in [-0.2, 0) is 16.9 Å². The molecule has 2 aromatic heterocycles. The molecule has 2 atom stereocenters. The molecule has 1 spiro atoms. The maximum absolute atomic E-state index is 14.7. The molecule has 3 heterocycles. The Labute approximate surface area is 200 Å². The molecule has 5 rings (SSSR count). The van der Waals surface area contributed by atoms with Gasteiger partial charge in [0.1, 0.15) is 23.6 Å². The topological polar surface area (TPSA) is 94.0 Å². The smallest absolute Gasteiger partial charge is 0.266 e. The third-order valence-electron chi connectivity index (χ3n) is 7.41. The van der Waals surface area contributed by atoms with Crippen molar-refractivity contribution in [3.63, 3.8) is 0 Å². The molecule has 186 valence electrons. The van der Waals surface area contributed by atoms with Crippen molar-refractivity contribution in [2.45, 2.75) is 55.7 Å². The molecule has 1 unspecified atom stereocenters. The number of halogens is 3. The van der Waals surface area contributed by atoms with E-state index < -0.39 is 38.4 Å². The van der Waals surface area contributed by atoms with Gasteiger partial charge in [0.25, 0.3) is 12.0 Å². The predicted molar refractivity (Wildman–Crippen MR) is 126 cm³/mol. The minimum Gasteiger partial charge on any atom is -0.363 e. The molecule has 0 amide bonds. The van der Waals surface area contributed by atoms with Crippen LogP contribution in [0.15, 0.2) is 35.4 Å². The lowest BCUT2D eigenvalue weighted by molar-refractivity contribution is 0.146. The molecule has 2 aliphatic rings. The van der Waals surface area contributed by atoms with Gasteiger partial charge in [-0.15, -0.1) is 0 Å². The molecule has 3 aromatic rings. The van der Waals surface area contributed by atoms with Gasteiger partial charge in [0.05, 0.1) is 27.5 Å². The number of hydrogen-bond donors (Lipinski definition) is 1. The van der Waals surface area contributed by atoms with E-state index in [4.69, 9.17) is 0 Å². The van der Waals surface area contributed by atoms with Crippen molar-refractivity contribution in [3.8, 4) is 0 Å². The van der Waals surface area contributed by atoms with Crippen LogP contribution in [0.5, 0.6) is 0 Å². The quantitative estimate of drug-likeness (QED) is 0.551. The molecule has 7 nitrogen and oxygen atoms in total. The Balaban J connectivity index is 1.54. The molecular weight excluding hydrogens is 481 g/mol. The van der Waals surface area contributed by atoms with E-state index in [1.54, 1.807) is 20.0 Å². The van der Waals surface area contributed by atoms with Crippen molar-refractivity contribution in [2.24, 2.45) is 7.05 Å². The normalized spacial score (nSPS) is 21.4. The van der Waals surface area contributed by atoms with Crippen LogP contribution in [0, 0.1) is 5.82 Å². The van der Waals surface area contributed by atoms with Crippen LogP contribution in [0.25, 0.3) is 11.0 Å². The Morgan fingerprint density at radius 2 is 1.91 bits per heavy atom. The van der Waals surface area contributed by atoms with Gasteiger partial charge in [-0.05, 0) is 44.6 Å². The molecule has 1 aliphatic heterocycles. The van der Waals surface area contributed by atoms with Gasteiger partial charge in [-0.2, -0.15) is 0 Å². The van der Waals surface area contributed by atoms with Crippen LogP contribution in [-0.4, -0.2) is 33.5 Å². The molecule has 2 fully saturated rings. The minimum absolute atomic E-state index is 0.0477. The van der Waals surface area contributed by atoms with Crippen molar-refractivity contribution in [3.05, 3.63) is 63.5 Å². The Morgan fingerprint density at radius 1 is 1.20 bits per heavy atom. The van der Waals surface area contributed by atoms with Crippen LogP contribution >= 0.6 is 0 Å².